The van der Waals surface area contributed by atoms with Crippen LogP contribution in [0.3, 0.4) is 0 Å². The van der Waals surface area contributed by atoms with Crippen molar-refractivity contribution in [3.63, 3.8) is 0 Å². The molecule has 0 spiro atoms. The van der Waals surface area contributed by atoms with Gasteiger partial charge in [-0.25, -0.2) is 0 Å². The van der Waals surface area contributed by atoms with Crippen molar-refractivity contribution in [2.24, 2.45) is 0 Å². The number of methoxy groups -OCH3 is 1. The van der Waals surface area contributed by atoms with Gasteiger partial charge in [-0.15, -0.1) is 11.8 Å². The van der Waals surface area contributed by atoms with Crippen molar-refractivity contribution in [2.75, 3.05) is 26.5 Å². The number of nitrogens with one attached hydrogen (secondary N) is 1. The van der Waals surface area contributed by atoms with E-state index in [1.54, 1.807) is 6.26 Å². The number of nitro groups is 1. The third-order valence-corrected chi connectivity index (χ3v) is 3.28. The first-order valence-corrected chi connectivity index (χ1v) is 6.99. The van der Waals surface area contributed by atoms with E-state index in [1.807, 2.05) is 0 Å². The Morgan fingerprint density at radius 3 is 2.85 bits per heavy atom. The van der Waals surface area contributed by atoms with Crippen molar-refractivity contribution >= 4 is 23.4 Å². The lowest BCUT2D eigenvalue weighted by atomic mass is 10.2. The molecule has 0 bridgehead atoms. The molecular formula is C12H16N2O5S. The number of hydrogen-bond acceptors (Lipinski definition) is 6. The maximum atomic E-state index is 11.8. The first-order valence-electron chi connectivity index (χ1n) is 5.77. The second kappa shape index (κ2) is 7.83. The molecule has 8 heteroatoms. The molecule has 0 aliphatic heterocycles. The van der Waals surface area contributed by atoms with Crippen LogP contribution >= 0.6 is 11.8 Å². The number of benzene rings is 1. The zero-order chi connectivity index (χ0) is 15.1. The largest absolute Gasteiger partial charge is 0.389 e. The first kappa shape index (κ1) is 16.4. The molecule has 7 nitrogen and oxygen atoms in total. The summed E-state index contributed by atoms with van der Waals surface area (Å²) in [7, 11) is 1.44. The number of nitrogens with zero attached hydrogens (tertiary/aromatic N) is 1. The molecule has 1 rings (SSSR count). The monoisotopic (exact) mass is 300 g/mol. The Kier molecular flexibility index (Phi) is 6.43. The van der Waals surface area contributed by atoms with E-state index in [1.165, 1.54) is 37.1 Å². The predicted octanol–water partition coefficient (Wildman–Crippen LogP) is 1.05. The Bertz CT molecular complexity index is 495. The molecule has 0 saturated heterocycles. The van der Waals surface area contributed by atoms with E-state index in [2.05, 4.69) is 5.32 Å². The molecule has 0 aliphatic rings. The Balaban J connectivity index is 2.78. The van der Waals surface area contributed by atoms with Gasteiger partial charge in [0.15, 0.2) is 0 Å². The summed E-state index contributed by atoms with van der Waals surface area (Å²) in [5.74, 6) is -0.476. The van der Waals surface area contributed by atoms with Gasteiger partial charge < -0.3 is 15.2 Å². The summed E-state index contributed by atoms with van der Waals surface area (Å²) < 4.78 is 4.73. The molecule has 0 aliphatic carbocycles. The summed E-state index contributed by atoms with van der Waals surface area (Å²) in [6, 6.07) is 4.27. The predicted molar refractivity (Wildman–Crippen MR) is 75.1 cm³/mol. The minimum absolute atomic E-state index is 0.0186. The molecule has 0 fully saturated rings. The van der Waals surface area contributed by atoms with Crippen LogP contribution in [0.4, 0.5) is 5.69 Å². The van der Waals surface area contributed by atoms with Gasteiger partial charge in [0.25, 0.3) is 11.6 Å². The SMILES string of the molecule is COCC(O)CNC(=O)c1ccc(SC)c([N+](=O)[O-])c1. The number of rotatable bonds is 7. The number of carbonyl (C=O) groups is 1. The molecule has 1 atom stereocenters. The van der Waals surface area contributed by atoms with E-state index in [9.17, 15) is 20.0 Å². The Morgan fingerprint density at radius 2 is 2.30 bits per heavy atom. The van der Waals surface area contributed by atoms with Gasteiger partial charge in [-0.05, 0) is 18.4 Å². The van der Waals surface area contributed by atoms with Gasteiger partial charge in [0.05, 0.1) is 22.5 Å². The molecule has 0 saturated carbocycles. The molecule has 0 radical (unpaired) electrons. The molecular weight excluding hydrogens is 284 g/mol. The van der Waals surface area contributed by atoms with Crippen LogP contribution in [0.15, 0.2) is 23.1 Å². The second-order valence-electron chi connectivity index (χ2n) is 3.96. The normalized spacial score (nSPS) is 11.9. The number of carbonyl (C=O) groups excluding carboxylic acids is 1. The molecule has 20 heavy (non-hydrogen) atoms. The summed E-state index contributed by atoms with van der Waals surface area (Å²) in [6.07, 6.45) is 0.910. The summed E-state index contributed by atoms with van der Waals surface area (Å²) in [5.41, 5.74) is 0.0710. The molecule has 1 unspecified atom stereocenters. The molecule has 0 heterocycles. The molecule has 2 N–H and O–H groups in total. The highest BCUT2D eigenvalue weighted by atomic mass is 32.2. The van der Waals surface area contributed by atoms with Crippen molar-refractivity contribution in [1.82, 2.24) is 5.32 Å². The van der Waals surface area contributed by atoms with Crippen molar-refractivity contribution in [2.45, 2.75) is 11.0 Å². The van der Waals surface area contributed by atoms with Crippen LogP contribution in [0.1, 0.15) is 10.4 Å². The number of aliphatic hydroxyl groups is 1. The van der Waals surface area contributed by atoms with Gasteiger partial charge in [-0.3, -0.25) is 14.9 Å². The second-order valence-corrected chi connectivity index (χ2v) is 4.81. The fraction of sp³-hybridized carbons (Fsp3) is 0.417. The minimum Gasteiger partial charge on any atom is -0.389 e. The zero-order valence-corrected chi connectivity index (χ0v) is 12.0. The van der Waals surface area contributed by atoms with Crippen LogP contribution in [-0.2, 0) is 4.74 Å². The van der Waals surface area contributed by atoms with Crippen molar-refractivity contribution in [3.05, 3.63) is 33.9 Å². The molecule has 1 aromatic carbocycles. The van der Waals surface area contributed by atoms with E-state index in [0.29, 0.717) is 4.90 Å². The van der Waals surface area contributed by atoms with E-state index >= 15 is 0 Å². The van der Waals surface area contributed by atoms with Gasteiger partial charge in [0, 0.05) is 25.3 Å². The topological polar surface area (TPSA) is 102 Å². The molecule has 110 valence electrons. The van der Waals surface area contributed by atoms with E-state index < -0.39 is 16.9 Å². The Labute approximate surface area is 120 Å². The van der Waals surface area contributed by atoms with Crippen LogP contribution in [0, 0.1) is 10.1 Å². The smallest absolute Gasteiger partial charge is 0.283 e. The molecule has 0 aromatic heterocycles. The lowest BCUT2D eigenvalue weighted by Gasteiger charge is -2.11. The van der Waals surface area contributed by atoms with Gasteiger partial charge >= 0.3 is 0 Å². The lowest BCUT2D eigenvalue weighted by molar-refractivity contribution is -0.387. The number of nitro benzene ring substituents is 1. The van der Waals surface area contributed by atoms with E-state index in [0.717, 1.165) is 0 Å². The van der Waals surface area contributed by atoms with E-state index in [-0.39, 0.29) is 24.4 Å². The maximum absolute atomic E-state index is 11.8. The van der Waals surface area contributed by atoms with Crippen LogP contribution in [-0.4, -0.2) is 48.6 Å². The van der Waals surface area contributed by atoms with Gasteiger partial charge in [0.2, 0.25) is 0 Å². The zero-order valence-electron chi connectivity index (χ0n) is 11.2. The maximum Gasteiger partial charge on any atom is 0.283 e. The fourth-order valence-electron chi connectivity index (χ4n) is 1.54. The quantitative estimate of drug-likeness (QED) is 0.443. The number of thioether (sulfide) groups is 1. The highest BCUT2D eigenvalue weighted by molar-refractivity contribution is 7.98. The van der Waals surface area contributed by atoms with Crippen molar-refractivity contribution in [1.29, 1.82) is 0 Å². The average molecular weight is 300 g/mol. The van der Waals surface area contributed by atoms with Crippen LogP contribution in [0.5, 0.6) is 0 Å². The van der Waals surface area contributed by atoms with Crippen molar-refractivity contribution in [3.8, 4) is 0 Å². The Morgan fingerprint density at radius 1 is 1.60 bits per heavy atom. The van der Waals surface area contributed by atoms with Crippen LogP contribution in [0.2, 0.25) is 0 Å². The standard InChI is InChI=1S/C12H16N2O5S/c1-19-7-9(15)6-13-12(16)8-3-4-11(20-2)10(5-8)14(17)18/h3-5,9,15H,6-7H2,1-2H3,(H,13,16). The first-order chi connectivity index (χ1) is 9.49. The van der Waals surface area contributed by atoms with Crippen LogP contribution < -0.4 is 5.32 Å². The number of ether oxygens (including phenoxy) is 1. The van der Waals surface area contributed by atoms with Crippen LogP contribution in [0.25, 0.3) is 0 Å². The highest BCUT2D eigenvalue weighted by Crippen LogP contribution is 2.28. The number of amides is 1. The average Bonchev–Trinajstić information content (AvgIpc) is 2.44. The third kappa shape index (κ3) is 4.48. The lowest BCUT2D eigenvalue weighted by Crippen LogP contribution is -2.34. The summed E-state index contributed by atoms with van der Waals surface area (Å²) in [6.45, 7) is 0.122. The summed E-state index contributed by atoms with van der Waals surface area (Å²) >= 11 is 1.24. The highest BCUT2D eigenvalue weighted by Gasteiger charge is 2.17. The summed E-state index contributed by atoms with van der Waals surface area (Å²) in [4.78, 5) is 22.7. The number of hydrogen-bond donors (Lipinski definition) is 2. The van der Waals surface area contributed by atoms with Gasteiger partial charge in [-0.2, -0.15) is 0 Å². The summed E-state index contributed by atoms with van der Waals surface area (Å²) in [5, 5.41) is 22.8. The van der Waals surface area contributed by atoms with Gasteiger partial charge in [-0.1, -0.05) is 0 Å². The Hall–Kier alpha value is -1.64. The van der Waals surface area contributed by atoms with Gasteiger partial charge in [0.1, 0.15) is 0 Å². The minimum atomic E-state index is -0.815. The number of aliphatic hydroxyl groups excluding tert-OH is 1. The molecule has 1 amide bonds. The fourth-order valence-corrected chi connectivity index (χ4v) is 2.08. The molecule has 1 aromatic rings. The van der Waals surface area contributed by atoms with E-state index in [4.69, 9.17) is 4.74 Å². The third-order valence-electron chi connectivity index (χ3n) is 2.50. The van der Waals surface area contributed by atoms with Crippen molar-refractivity contribution < 1.29 is 19.6 Å².